The minimum atomic E-state index is -0.775. The quantitative estimate of drug-likeness (QED) is 0.161. The van der Waals surface area contributed by atoms with E-state index in [9.17, 15) is 4.79 Å². The average molecular weight is 526 g/mol. The third-order valence-corrected chi connectivity index (χ3v) is 6.80. The molecule has 0 aliphatic rings. The highest BCUT2D eigenvalue weighted by Gasteiger charge is 2.40. The summed E-state index contributed by atoms with van der Waals surface area (Å²) in [4.78, 5) is 11.5. The maximum absolute atomic E-state index is 11.5. The van der Waals surface area contributed by atoms with Gasteiger partial charge in [0.1, 0.15) is 16.7 Å². The van der Waals surface area contributed by atoms with Gasteiger partial charge in [-0.2, -0.15) is 5.10 Å². The van der Waals surface area contributed by atoms with Crippen molar-refractivity contribution in [2.75, 3.05) is 5.73 Å². The van der Waals surface area contributed by atoms with Gasteiger partial charge in [0, 0.05) is 23.6 Å². The largest absolute Gasteiger partial charge is 0.461 e. The first-order valence-corrected chi connectivity index (χ1v) is 12.1. The lowest BCUT2D eigenvalue weighted by Gasteiger charge is -2.37. The Balaban J connectivity index is 1.90. The van der Waals surface area contributed by atoms with Crippen LogP contribution in [0.5, 0.6) is 0 Å². The van der Waals surface area contributed by atoms with Crippen LogP contribution in [0.15, 0.2) is 108 Å². The second kappa shape index (κ2) is 9.39. The maximum Gasteiger partial charge on any atom is 0.302 e. The number of nitrogens with zero attached hydrogens (tertiary/aromatic N) is 2. The third-order valence-electron chi connectivity index (χ3n) is 6.22. The van der Waals surface area contributed by atoms with Crippen molar-refractivity contribution >= 4 is 38.5 Å². The fraction of sp³-hybridized carbons (Fsp3) is 0.103. The van der Waals surface area contributed by atoms with Gasteiger partial charge in [0.05, 0.1) is 5.52 Å². The molecule has 0 atom stereocenters. The van der Waals surface area contributed by atoms with Crippen LogP contribution in [0.1, 0.15) is 29.2 Å². The summed E-state index contributed by atoms with van der Waals surface area (Å²) in [5.74, 6) is -0.355. The number of ether oxygens (including phenoxy) is 1. The summed E-state index contributed by atoms with van der Waals surface area (Å²) in [7, 11) is 0. The second-order valence-corrected chi connectivity index (χ2v) is 9.11. The Morgan fingerprint density at radius 3 is 1.83 bits per heavy atom. The van der Waals surface area contributed by atoms with Crippen LogP contribution in [0.2, 0.25) is 0 Å². The molecule has 0 saturated heterocycles. The summed E-state index contributed by atoms with van der Waals surface area (Å²) in [6.07, 6.45) is 0. The van der Waals surface area contributed by atoms with Crippen molar-refractivity contribution in [3.05, 3.63) is 130 Å². The minimum Gasteiger partial charge on any atom is -0.461 e. The first kappa shape index (κ1) is 22.9. The van der Waals surface area contributed by atoms with Crippen LogP contribution >= 0.6 is 15.9 Å². The highest BCUT2D eigenvalue weighted by Crippen LogP contribution is 2.43. The zero-order valence-electron chi connectivity index (χ0n) is 19.2. The van der Waals surface area contributed by atoms with Crippen molar-refractivity contribution in [3.63, 3.8) is 0 Å². The molecule has 5 aromatic rings. The van der Waals surface area contributed by atoms with Crippen LogP contribution in [-0.4, -0.2) is 15.7 Å². The molecule has 174 valence electrons. The molecule has 5 rings (SSSR count). The van der Waals surface area contributed by atoms with E-state index >= 15 is 0 Å². The van der Waals surface area contributed by atoms with Crippen molar-refractivity contribution in [3.8, 4) is 0 Å². The zero-order chi connectivity index (χ0) is 24.4. The van der Waals surface area contributed by atoms with Crippen molar-refractivity contribution < 1.29 is 9.53 Å². The second-order valence-electron chi connectivity index (χ2n) is 8.36. The number of halogens is 1. The Bertz CT molecular complexity index is 1390. The maximum atomic E-state index is 11.5. The van der Waals surface area contributed by atoms with E-state index in [1.807, 2.05) is 71.4 Å². The summed E-state index contributed by atoms with van der Waals surface area (Å²) < 4.78 is 8.01. The standard InChI is InChI=1S/C29H24BrN3O2/c1-20(34)35-19-21-17-27-25(18-26(21)31)28(30)32-33(27)29(22-11-5-2-6-12-22,23-13-7-3-8-14-23)24-15-9-4-10-16-24/h2-18H,19,31H2,1H3. The van der Waals surface area contributed by atoms with E-state index in [0.717, 1.165) is 33.2 Å². The van der Waals surface area contributed by atoms with Gasteiger partial charge in [0.2, 0.25) is 0 Å². The number of anilines is 1. The molecule has 0 spiro atoms. The molecule has 5 nitrogen and oxygen atoms in total. The lowest BCUT2D eigenvalue weighted by atomic mass is 9.77. The van der Waals surface area contributed by atoms with E-state index in [1.165, 1.54) is 6.92 Å². The molecule has 1 heterocycles. The average Bonchev–Trinajstić information content (AvgIpc) is 3.20. The summed E-state index contributed by atoms with van der Waals surface area (Å²) in [6, 6.07) is 34.9. The molecule has 6 heteroatoms. The molecule has 4 aromatic carbocycles. The first-order chi connectivity index (χ1) is 17.0. The van der Waals surface area contributed by atoms with Gasteiger partial charge in [-0.25, -0.2) is 4.68 Å². The molecule has 0 saturated carbocycles. The number of rotatable bonds is 6. The van der Waals surface area contributed by atoms with E-state index in [-0.39, 0.29) is 12.6 Å². The molecule has 0 aliphatic heterocycles. The van der Waals surface area contributed by atoms with Gasteiger partial charge >= 0.3 is 5.97 Å². The Hall–Kier alpha value is -3.90. The van der Waals surface area contributed by atoms with Crippen LogP contribution in [0, 0.1) is 0 Å². The Labute approximate surface area is 212 Å². The fourth-order valence-corrected chi connectivity index (χ4v) is 5.13. The number of carbonyl (C=O) groups is 1. The highest BCUT2D eigenvalue weighted by atomic mass is 79.9. The third kappa shape index (κ3) is 4.00. The van der Waals surface area contributed by atoms with Crippen LogP contribution in [0.4, 0.5) is 5.69 Å². The van der Waals surface area contributed by atoms with Crippen molar-refractivity contribution in [1.82, 2.24) is 9.78 Å². The van der Waals surface area contributed by atoms with Gasteiger partial charge < -0.3 is 10.5 Å². The summed E-state index contributed by atoms with van der Waals surface area (Å²) >= 11 is 3.68. The molecule has 1 aromatic heterocycles. The van der Waals surface area contributed by atoms with Gasteiger partial charge in [-0.3, -0.25) is 4.79 Å². The van der Waals surface area contributed by atoms with E-state index in [4.69, 9.17) is 15.6 Å². The fourth-order valence-electron chi connectivity index (χ4n) is 4.65. The number of aromatic nitrogens is 2. The minimum absolute atomic E-state index is 0.0922. The predicted octanol–water partition coefficient (Wildman–Crippen LogP) is 6.28. The first-order valence-electron chi connectivity index (χ1n) is 11.3. The van der Waals surface area contributed by atoms with Gasteiger partial charge in [-0.1, -0.05) is 91.0 Å². The molecular formula is C29H24BrN3O2. The van der Waals surface area contributed by atoms with Crippen molar-refractivity contribution in [2.45, 2.75) is 19.1 Å². The Kier molecular flexibility index (Phi) is 6.14. The molecule has 35 heavy (non-hydrogen) atoms. The molecular weight excluding hydrogens is 502 g/mol. The molecule has 0 fully saturated rings. The zero-order valence-corrected chi connectivity index (χ0v) is 20.8. The summed E-state index contributed by atoms with van der Waals surface area (Å²) in [5.41, 5.74) is 10.9. The lowest BCUT2D eigenvalue weighted by molar-refractivity contribution is -0.142. The van der Waals surface area contributed by atoms with Gasteiger partial charge in [0.15, 0.2) is 0 Å². The predicted molar refractivity (Wildman–Crippen MR) is 142 cm³/mol. The van der Waals surface area contributed by atoms with E-state index in [2.05, 4.69) is 52.3 Å². The SMILES string of the molecule is CC(=O)OCc1cc2c(cc1N)c(Br)nn2C(c1ccccc1)(c1ccccc1)c1ccccc1. The van der Waals surface area contributed by atoms with Crippen molar-refractivity contribution in [2.24, 2.45) is 0 Å². The normalized spacial score (nSPS) is 11.5. The van der Waals surface area contributed by atoms with Gasteiger partial charge in [-0.15, -0.1) is 0 Å². The highest BCUT2D eigenvalue weighted by molar-refractivity contribution is 9.10. The smallest absolute Gasteiger partial charge is 0.302 e. The molecule has 2 N–H and O–H groups in total. The van der Waals surface area contributed by atoms with Crippen LogP contribution in [0.3, 0.4) is 0 Å². The number of hydrogen-bond acceptors (Lipinski definition) is 4. The van der Waals surface area contributed by atoms with Gasteiger partial charge in [-0.05, 0) is 44.8 Å². The molecule has 0 unspecified atom stereocenters. The lowest BCUT2D eigenvalue weighted by Crippen LogP contribution is -2.38. The van der Waals surface area contributed by atoms with E-state index in [0.29, 0.717) is 10.3 Å². The monoisotopic (exact) mass is 525 g/mol. The summed E-state index contributed by atoms with van der Waals surface area (Å²) in [5, 5.41) is 5.92. The van der Waals surface area contributed by atoms with E-state index < -0.39 is 5.54 Å². The molecule has 0 amide bonds. The van der Waals surface area contributed by atoms with Crippen molar-refractivity contribution in [1.29, 1.82) is 0 Å². The van der Waals surface area contributed by atoms with Crippen LogP contribution in [0.25, 0.3) is 10.9 Å². The number of nitrogens with two attached hydrogens (primary N) is 1. The topological polar surface area (TPSA) is 70.1 Å². The molecule has 0 radical (unpaired) electrons. The van der Waals surface area contributed by atoms with Crippen LogP contribution < -0.4 is 5.73 Å². The number of nitrogen functional groups attached to an aromatic ring is 1. The number of esters is 1. The number of benzene rings is 4. The Morgan fingerprint density at radius 2 is 1.37 bits per heavy atom. The number of hydrogen-bond donors (Lipinski definition) is 1. The Morgan fingerprint density at radius 1 is 0.886 bits per heavy atom. The number of carbonyl (C=O) groups excluding carboxylic acids is 1. The molecule has 0 aliphatic carbocycles. The van der Waals surface area contributed by atoms with Gasteiger partial charge in [0.25, 0.3) is 0 Å². The van der Waals surface area contributed by atoms with Crippen LogP contribution in [-0.2, 0) is 21.7 Å². The summed E-state index contributed by atoms with van der Waals surface area (Å²) in [6.45, 7) is 1.48. The molecule has 0 bridgehead atoms. The van der Waals surface area contributed by atoms with E-state index in [1.54, 1.807) is 0 Å². The number of fused-ring (bicyclic) bond motifs is 1.